The third-order valence-electron chi connectivity index (χ3n) is 3.95. The highest BCUT2D eigenvalue weighted by Crippen LogP contribution is 2.23. The van der Waals surface area contributed by atoms with Crippen LogP contribution in [0.15, 0.2) is 36.4 Å². The second-order valence-corrected chi connectivity index (χ2v) is 10.1. The molecule has 0 bridgehead atoms. The van der Waals surface area contributed by atoms with Crippen molar-refractivity contribution in [1.82, 2.24) is 9.97 Å². The van der Waals surface area contributed by atoms with Crippen LogP contribution in [-0.4, -0.2) is 38.3 Å². The van der Waals surface area contributed by atoms with Gasteiger partial charge in [-0.25, -0.2) is 16.8 Å². The smallest absolute Gasteiger partial charge is 0.199 e. The highest BCUT2D eigenvalue weighted by Gasteiger charge is 2.30. The van der Waals surface area contributed by atoms with E-state index in [9.17, 15) is 16.8 Å². The Hall–Kier alpha value is -2.06. The van der Waals surface area contributed by atoms with Crippen molar-refractivity contribution in [2.75, 3.05) is 11.5 Å². The van der Waals surface area contributed by atoms with E-state index in [0.717, 1.165) is 10.8 Å². The summed E-state index contributed by atoms with van der Waals surface area (Å²) in [5.74, 6) is -0.583. The summed E-state index contributed by atoms with van der Waals surface area (Å²) in [6.45, 7) is 2.86. The molecule has 0 saturated heterocycles. The Morgan fingerprint density at radius 1 is 0.833 bits per heavy atom. The van der Waals surface area contributed by atoms with E-state index in [-0.39, 0.29) is 17.0 Å². The molecular formula is C16H18N2O4S2. The molecule has 0 unspecified atom stereocenters. The fourth-order valence-electron chi connectivity index (χ4n) is 2.72. The molecule has 2 N–H and O–H groups in total. The van der Waals surface area contributed by atoms with Crippen molar-refractivity contribution >= 4 is 45.7 Å². The average Bonchev–Trinajstić information content (AvgIpc) is 2.55. The van der Waals surface area contributed by atoms with Gasteiger partial charge in [-0.2, -0.15) is 0 Å². The summed E-state index contributed by atoms with van der Waals surface area (Å²) in [6, 6.07) is 11.1. The molecule has 2 aromatic carbocycles. The van der Waals surface area contributed by atoms with Crippen molar-refractivity contribution in [2.24, 2.45) is 0 Å². The molecule has 8 heteroatoms. The zero-order valence-corrected chi connectivity index (χ0v) is 15.0. The summed E-state index contributed by atoms with van der Waals surface area (Å²) in [5.41, 5.74) is 1.34. The lowest BCUT2D eigenvalue weighted by Crippen LogP contribution is -2.28. The molecule has 6 nitrogen and oxygen atoms in total. The Balaban J connectivity index is 2.60. The highest BCUT2D eigenvalue weighted by atomic mass is 32.3. The van der Waals surface area contributed by atoms with E-state index < -0.39 is 23.9 Å². The van der Waals surface area contributed by atoms with Crippen molar-refractivity contribution in [3.05, 3.63) is 41.9 Å². The van der Waals surface area contributed by atoms with Crippen LogP contribution in [0.25, 0.3) is 26.0 Å². The fraction of sp³-hybridized carbons (Fsp3) is 0.250. The average molecular weight is 366 g/mol. The first kappa shape index (κ1) is 16.8. The lowest BCUT2D eigenvalue weighted by molar-refractivity contribution is 0.601. The third kappa shape index (κ3) is 2.65. The number of nitrogens with one attached hydrogen (secondary N) is 2. The molecule has 3 rings (SSSR count). The number of sulfone groups is 2. The molecule has 0 atom stereocenters. The molecule has 0 radical (unpaired) electrons. The first-order valence-corrected chi connectivity index (χ1v) is 10.9. The summed E-state index contributed by atoms with van der Waals surface area (Å²) < 4.78 is 49.2. The van der Waals surface area contributed by atoms with Gasteiger partial charge in [-0.3, -0.25) is 0 Å². The van der Waals surface area contributed by atoms with Gasteiger partial charge in [0.2, 0.25) is 0 Å². The molecule has 128 valence electrons. The molecule has 0 spiro atoms. The first-order valence-electron chi connectivity index (χ1n) is 7.55. The Morgan fingerprint density at radius 2 is 1.29 bits per heavy atom. The number of aromatic amines is 2. The van der Waals surface area contributed by atoms with E-state index in [4.69, 9.17) is 0 Å². The maximum atomic E-state index is 12.4. The van der Waals surface area contributed by atoms with E-state index in [1.54, 1.807) is 12.1 Å². The largest absolute Gasteiger partial charge is 0.340 e. The number of aromatic nitrogens is 2. The van der Waals surface area contributed by atoms with E-state index in [1.807, 2.05) is 24.3 Å². The standard InChI is InChI=1S/C16H18N2O4S2/c1-3-23(19,20)16(24(21,22)4-2)15-17-12-9-5-7-11-8-6-10-13(18-15)14(11)12/h5-10,17-18H,3-4H2,1-2H3. The van der Waals surface area contributed by atoms with Crippen molar-refractivity contribution in [3.63, 3.8) is 0 Å². The van der Waals surface area contributed by atoms with Crippen LogP contribution >= 0.6 is 0 Å². The minimum absolute atomic E-state index is 0.00935. The molecule has 0 amide bonds. The van der Waals surface area contributed by atoms with E-state index in [2.05, 4.69) is 9.97 Å². The van der Waals surface area contributed by atoms with Crippen LogP contribution in [0.4, 0.5) is 0 Å². The second-order valence-electron chi connectivity index (χ2n) is 5.43. The van der Waals surface area contributed by atoms with Gasteiger partial charge in [-0.15, -0.1) is 0 Å². The van der Waals surface area contributed by atoms with Gasteiger partial charge in [0.15, 0.2) is 23.9 Å². The Kier molecular flexibility index (Phi) is 4.05. The minimum Gasteiger partial charge on any atom is -0.340 e. The monoisotopic (exact) mass is 366 g/mol. The summed E-state index contributed by atoms with van der Waals surface area (Å²) in [7, 11) is -7.87. The van der Waals surface area contributed by atoms with E-state index in [1.165, 1.54) is 13.8 Å². The lowest BCUT2D eigenvalue weighted by atomic mass is 10.1. The van der Waals surface area contributed by atoms with Crippen LogP contribution in [0.1, 0.15) is 13.8 Å². The zero-order valence-electron chi connectivity index (χ0n) is 13.3. The maximum Gasteiger partial charge on any atom is 0.199 e. The molecule has 1 aromatic heterocycles. The predicted molar refractivity (Wildman–Crippen MR) is 96.5 cm³/mol. The van der Waals surface area contributed by atoms with Crippen LogP contribution < -0.4 is 5.48 Å². The van der Waals surface area contributed by atoms with Gasteiger partial charge in [0.1, 0.15) is 5.48 Å². The molecular weight excluding hydrogens is 348 g/mol. The van der Waals surface area contributed by atoms with Crippen molar-refractivity contribution < 1.29 is 16.8 Å². The normalized spacial score (nSPS) is 12.8. The van der Waals surface area contributed by atoms with Gasteiger partial charge >= 0.3 is 0 Å². The van der Waals surface area contributed by atoms with Gasteiger partial charge in [-0.05, 0) is 17.5 Å². The summed E-state index contributed by atoms with van der Waals surface area (Å²) in [4.78, 5) is 5.90. The van der Waals surface area contributed by atoms with E-state index in [0.29, 0.717) is 11.0 Å². The minimum atomic E-state index is -3.93. The molecule has 0 aliphatic rings. The number of benzene rings is 2. The lowest BCUT2D eigenvalue weighted by Gasteiger charge is -2.10. The van der Waals surface area contributed by atoms with Crippen LogP contribution in [0, 0.1) is 0 Å². The van der Waals surface area contributed by atoms with Gasteiger partial charge in [0, 0.05) is 16.4 Å². The number of hydrogen-bond acceptors (Lipinski definition) is 4. The second kappa shape index (κ2) is 5.78. The molecule has 0 aliphatic carbocycles. The van der Waals surface area contributed by atoms with E-state index >= 15 is 0 Å². The van der Waals surface area contributed by atoms with Crippen molar-refractivity contribution in [1.29, 1.82) is 0 Å². The van der Waals surface area contributed by atoms with Crippen molar-refractivity contribution in [3.8, 4) is 0 Å². The summed E-state index contributed by atoms with van der Waals surface area (Å²) >= 11 is 0. The SMILES string of the molecule is CCS(=O)(=O)C(=c1[nH]c2cccc3cccc([nH]1)c32)S(=O)(=O)CC. The summed E-state index contributed by atoms with van der Waals surface area (Å²) in [5, 5.41) is 1.87. The molecule has 0 aliphatic heterocycles. The number of H-pyrrole nitrogens is 2. The number of rotatable bonds is 4. The molecule has 24 heavy (non-hydrogen) atoms. The third-order valence-corrected chi connectivity index (χ3v) is 8.54. The predicted octanol–water partition coefficient (Wildman–Crippen LogP) is 1.87. The van der Waals surface area contributed by atoms with Crippen LogP contribution in [-0.2, 0) is 19.7 Å². The molecule has 3 aromatic rings. The van der Waals surface area contributed by atoms with Crippen molar-refractivity contribution in [2.45, 2.75) is 13.8 Å². The fourth-order valence-corrected chi connectivity index (χ4v) is 6.32. The first-order chi connectivity index (χ1) is 11.3. The van der Waals surface area contributed by atoms with Gasteiger partial charge < -0.3 is 9.97 Å². The Labute approximate surface area is 140 Å². The highest BCUT2D eigenvalue weighted by molar-refractivity contribution is 8.22. The Morgan fingerprint density at radius 3 is 1.71 bits per heavy atom. The van der Waals surface area contributed by atoms with Crippen LogP contribution in [0.5, 0.6) is 0 Å². The molecule has 0 saturated carbocycles. The number of hydrogen-bond donors (Lipinski definition) is 2. The topological polar surface area (TPSA) is 99.9 Å². The van der Waals surface area contributed by atoms with Crippen LogP contribution in [0.3, 0.4) is 0 Å². The summed E-state index contributed by atoms with van der Waals surface area (Å²) in [6.07, 6.45) is 0. The maximum absolute atomic E-state index is 12.4. The Bertz CT molecular complexity index is 1110. The molecule has 0 fully saturated rings. The molecule has 1 heterocycles. The van der Waals surface area contributed by atoms with Gasteiger partial charge in [0.25, 0.3) is 0 Å². The van der Waals surface area contributed by atoms with Gasteiger partial charge in [0.05, 0.1) is 11.5 Å². The van der Waals surface area contributed by atoms with Crippen LogP contribution in [0.2, 0.25) is 0 Å². The van der Waals surface area contributed by atoms with Gasteiger partial charge in [-0.1, -0.05) is 38.1 Å². The zero-order chi connectivity index (χ0) is 17.5. The quantitative estimate of drug-likeness (QED) is 0.736.